The van der Waals surface area contributed by atoms with Gasteiger partial charge in [0.1, 0.15) is 0 Å². The number of hydrogen-bond acceptors (Lipinski definition) is 2. The number of hydrogen-bond donors (Lipinski definition) is 1. The lowest BCUT2D eigenvalue weighted by atomic mass is 10.0. The summed E-state index contributed by atoms with van der Waals surface area (Å²) in [5.74, 6) is -0.798. The first-order valence-corrected chi connectivity index (χ1v) is 7.35. The molecular weight excluding hydrogens is 274 g/mol. The third-order valence-corrected chi connectivity index (χ3v) is 3.70. The highest BCUT2D eigenvalue weighted by molar-refractivity contribution is 5.78. The summed E-state index contributed by atoms with van der Waals surface area (Å²) in [5, 5.41) is 9.92. The van der Waals surface area contributed by atoms with Gasteiger partial charge in [0.05, 0.1) is 11.9 Å². The molecule has 0 atom stereocenters. The quantitative estimate of drug-likeness (QED) is 0.780. The molecule has 0 unspecified atom stereocenters. The van der Waals surface area contributed by atoms with Crippen molar-refractivity contribution in [2.75, 3.05) is 0 Å². The van der Waals surface area contributed by atoms with Gasteiger partial charge in [0, 0.05) is 11.1 Å². The van der Waals surface area contributed by atoms with Crippen molar-refractivity contribution in [3.63, 3.8) is 0 Å². The molecule has 0 aliphatic carbocycles. The fourth-order valence-corrected chi connectivity index (χ4v) is 2.52. The number of aromatic nitrogens is 1. The van der Waals surface area contributed by atoms with Gasteiger partial charge in [-0.15, -0.1) is 0 Å². The largest absolute Gasteiger partial charge is 0.481 e. The zero-order valence-electron chi connectivity index (χ0n) is 12.2. The van der Waals surface area contributed by atoms with Gasteiger partial charge < -0.3 is 5.11 Å². The minimum absolute atomic E-state index is 0.0759. The lowest BCUT2D eigenvalue weighted by molar-refractivity contribution is -0.136. The van der Waals surface area contributed by atoms with Crippen LogP contribution in [0.1, 0.15) is 16.8 Å². The summed E-state index contributed by atoms with van der Waals surface area (Å²) >= 11 is 0. The molecule has 0 bridgehead atoms. The first-order chi connectivity index (χ1) is 10.7. The highest BCUT2D eigenvalue weighted by Gasteiger charge is 2.02. The van der Waals surface area contributed by atoms with E-state index in [1.165, 1.54) is 5.56 Å². The van der Waals surface area contributed by atoms with Crippen LogP contribution in [-0.4, -0.2) is 16.1 Å². The number of carboxylic acid groups (broad SMARTS) is 1. The fraction of sp³-hybridized carbons (Fsp3) is 0.158. The molecular formula is C19H17NO2. The van der Waals surface area contributed by atoms with Crippen LogP contribution < -0.4 is 0 Å². The van der Waals surface area contributed by atoms with Crippen LogP contribution in [-0.2, 0) is 24.1 Å². The molecule has 3 nitrogen and oxygen atoms in total. The Morgan fingerprint density at radius 3 is 2.36 bits per heavy atom. The predicted molar refractivity (Wildman–Crippen MR) is 86.9 cm³/mol. The Morgan fingerprint density at radius 2 is 1.59 bits per heavy atom. The smallest absolute Gasteiger partial charge is 0.307 e. The van der Waals surface area contributed by atoms with E-state index in [4.69, 9.17) is 5.11 Å². The highest BCUT2D eigenvalue weighted by Crippen LogP contribution is 2.14. The van der Waals surface area contributed by atoms with Crippen LogP contribution in [0.5, 0.6) is 0 Å². The normalized spacial score (nSPS) is 10.7. The Morgan fingerprint density at radius 1 is 0.864 bits per heavy atom. The lowest BCUT2D eigenvalue weighted by Crippen LogP contribution is -2.00. The number of fused-ring (bicyclic) bond motifs is 1. The van der Waals surface area contributed by atoms with Crippen molar-refractivity contribution in [1.82, 2.24) is 4.98 Å². The van der Waals surface area contributed by atoms with Crippen molar-refractivity contribution < 1.29 is 9.90 Å². The Balaban J connectivity index is 1.67. The average Bonchev–Trinajstić information content (AvgIpc) is 2.53. The molecule has 0 aliphatic heterocycles. The summed E-state index contributed by atoms with van der Waals surface area (Å²) in [5.41, 5.74) is 4.13. The second-order valence-corrected chi connectivity index (χ2v) is 5.38. The summed E-state index contributed by atoms with van der Waals surface area (Å²) in [4.78, 5) is 15.3. The van der Waals surface area contributed by atoms with Crippen LogP contribution in [0.3, 0.4) is 0 Å². The van der Waals surface area contributed by atoms with Crippen LogP contribution in [0, 0.1) is 0 Å². The van der Waals surface area contributed by atoms with E-state index in [1.54, 1.807) is 0 Å². The van der Waals surface area contributed by atoms with E-state index < -0.39 is 5.97 Å². The molecule has 22 heavy (non-hydrogen) atoms. The van der Waals surface area contributed by atoms with Crippen molar-refractivity contribution in [3.8, 4) is 0 Å². The summed E-state index contributed by atoms with van der Waals surface area (Å²) in [7, 11) is 0. The molecule has 0 radical (unpaired) electrons. The van der Waals surface area contributed by atoms with Crippen molar-refractivity contribution in [1.29, 1.82) is 0 Å². The van der Waals surface area contributed by atoms with Crippen molar-refractivity contribution in [3.05, 3.63) is 77.5 Å². The minimum Gasteiger partial charge on any atom is -0.481 e. The standard InChI is InChI=1S/C19H17NO2/c21-19(22)13-15-7-5-14(6-8-15)9-11-17-12-10-16-3-1-2-4-18(16)20-17/h1-8,10,12H,9,11,13H2,(H,21,22). The van der Waals surface area contributed by atoms with E-state index in [9.17, 15) is 4.79 Å². The minimum atomic E-state index is -0.798. The number of aryl methyl sites for hydroxylation is 2. The number of benzene rings is 2. The number of rotatable bonds is 5. The monoisotopic (exact) mass is 291 g/mol. The predicted octanol–water partition coefficient (Wildman–Crippen LogP) is 3.65. The molecule has 2 aromatic carbocycles. The molecule has 1 N–H and O–H groups in total. The van der Waals surface area contributed by atoms with Gasteiger partial charge >= 0.3 is 5.97 Å². The molecule has 0 saturated carbocycles. The van der Waals surface area contributed by atoms with Crippen molar-refractivity contribution in [2.24, 2.45) is 0 Å². The first-order valence-electron chi connectivity index (χ1n) is 7.35. The Kier molecular flexibility index (Phi) is 4.15. The Hall–Kier alpha value is -2.68. The maximum Gasteiger partial charge on any atom is 0.307 e. The first kappa shape index (κ1) is 14.3. The maximum absolute atomic E-state index is 10.7. The van der Waals surface area contributed by atoms with Gasteiger partial charge in [-0.2, -0.15) is 0 Å². The van der Waals surface area contributed by atoms with E-state index in [0.29, 0.717) is 0 Å². The van der Waals surface area contributed by atoms with Crippen LogP contribution in [0.25, 0.3) is 10.9 Å². The fourth-order valence-electron chi connectivity index (χ4n) is 2.52. The lowest BCUT2D eigenvalue weighted by Gasteiger charge is -2.05. The molecule has 3 heteroatoms. The zero-order chi connectivity index (χ0) is 15.4. The average molecular weight is 291 g/mol. The van der Waals surface area contributed by atoms with Gasteiger partial charge in [-0.3, -0.25) is 9.78 Å². The number of para-hydroxylation sites is 1. The summed E-state index contributed by atoms with van der Waals surface area (Å²) in [6, 6.07) is 20.1. The molecule has 0 spiro atoms. The Labute approximate surface area is 129 Å². The maximum atomic E-state index is 10.7. The van der Waals surface area contributed by atoms with Crippen molar-refractivity contribution in [2.45, 2.75) is 19.3 Å². The van der Waals surface area contributed by atoms with E-state index in [0.717, 1.165) is 35.0 Å². The molecule has 1 aromatic heterocycles. The second-order valence-electron chi connectivity index (χ2n) is 5.38. The van der Waals surface area contributed by atoms with E-state index in [-0.39, 0.29) is 6.42 Å². The van der Waals surface area contributed by atoms with Crippen LogP contribution in [0.15, 0.2) is 60.7 Å². The topological polar surface area (TPSA) is 50.2 Å². The molecule has 3 rings (SSSR count). The molecule has 0 aliphatic rings. The Bertz CT molecular complexity index is 794. The molecule has 1 heterocycles. The number of carboxylic acids is 1. The summed E-state index contributed by atoms with van der Waals surface area (Å²) < 4.78 is 0. The number of carbonyl (C=O) groups is 1. The van der Waals surface area contributed by atoms with Crippen LogP contribution in [0.2, 0.25) is 0 Å². The number of pyridine rings is 1. The van der Waals surface area contributed by atoms with E-state index in [1.807, 2.05) is 42.5 Å². The van der Waals surface area contributed by atoms with E-state index >= 15 is 0 Å². The van der Waals surface area contributed by atoms with Crippen LogP contribution >= 0.6 is 0 Å². The van der Waals surface area contributed by atoms with Gasteiger partial charge in [-0.25, -0.2) is 0 Å². The summed E-state index contributed by atoms with van der Waals surface area (Å²) in [6.45, 7) is 0. The molecule has 110 valence electrons. The third kappa shape index (κ3) is 3.50. The number of nitrogens with zero attached hydrogens (tertiary/aromatic N) is 1. The van der Waals surface area contributed by atoms with Gasteiger partial charge in [0.15, 0.2) is 0 Å². The van der Waals surface area contributed by atoms with Gasteiger partial charge in [-0.05, 0) is 36.1 Å². The van der Waals surface area contributed by atoms with Gasteiger partial charge in [0.2, 0.25) is 0 Å². The highest BCUT2D eigenvalue weighted by atomic mass is 16.4. The third-order valence-electron chi connectivity index (χ3n) is 3.70. The van der Waals surface area contributed by atoms with Crippen LogP contribution in [0.4, 0.5) is 0 Å². The number of aliphatic carboxylic acids is 1. The molecule has 0 amide bonds. The molecule has 3 aromatic rings. The SMILES string of the molecule is O=C(O)Cc1ccc(CCc2ccc3ccccc3n2)cc1. The van der Waals surface area contributed by atoms with E-state index in [2.05, 4.69) is 23.2 Å². The second kappa shape index (κ2) is 6.39. The molecule has 0 saturated heterocycles. The summed E-state index contributed by atoms with van der Waals surface area (Å²) in [6.07, 6.45) is 1.86. The van der Waals surface area contributed by atoms with Crippen molar-refractivity contribution >= 4 is 16.9 Å². The van der Waals surface area contributed by atoms with Gasteiger partial charge in [-0.1, -0.05) is 48.5 Å². The zero-order valence-corrected chi connectivity index (χ0v) is 12.2. The molecule has 0 fully saturated rings. The van der Waals surface area contributed by atoms with Gasteiger partial charge in [0.25, 0.3) is 0 Å².